The van der Waals surface area contributed by atoms with E-state index in [1.54, 1.807) is 0 Å². The first-order valence-electron chi connectivity index (χ1n) is 7.47. The van der Waals surface area contributed by atoms with Gasteiger partial charge in [0.2, 0.25) is 0 Å². The highest BCUT2D eigenvalue weighted by atomic mass is 16.1. The number of carbonyl (C=O) groups is 1. The fraction of sp³-hybridized carbons (Fsp3) is 0.105. The van der Waals surface area contributed by atoms with Crippen LogP contribution in [0.3, 0.4) is 0 Å². The molecule has 1 amide bonds. The van der Waals surface area contributed by atoms with Gasteiger partial charge < -0.3 is 16.0 Å². The van der Waals surface area contributed by atoms with Gasteiger partial charge in [0.15, 0.2) is 0 Å². The molecule has 23 heavy (non-hydrogen) atoms. The lowest BCUT2D eigenvalue weighted by Crippen LogP contribution is -2.14. The molecular formula is C19H19N3O. The second kappa shape index (κ2) is 6.01. The predicted octanol–water partition coefficient (Wildman–Crippen LogP) is 4.13. The van der Waals surface area contributed by atoms with Crippen molar-refractivity contribution in [2.45, 2.75) is 13.8 Å². The van der Waals surface area contributed by atoms with Crippen molar-refractivity contribution in [3.8, 4) is 11.3 Å². The summed E-state index contributed by atoms with van der Waals surface area (Å²) in [4.78, 5) is 15.8. The predicted molar refractivity (Wildman–Crippen MR) is 94.5 cm³/mol. The Balaban J connectivity index is 1.92. The molecule has 4 heteroatoms. The number of H-pyrrole nitrogens is 1. The first-order chi connectivity index (χ1) is 11.1. The van der Waals surface area contributed by atoms with Gasteiger partial charge in [-0.1, -0.05) is 48.0 Å². The zero-order valence-electron chi connectivity index (χ0n) is 13.2. The number of hydrogen-bond donors (Lipinski definition) is 3. The molecule has 3 rings (SSSR count). The van der Waals surface area contributed by atoms with Gasteiger partial charge in [-0.2, -0.15) is 0 Å². The number of aromatic nitrogens is 1. The summed E-state index contributed by atoms with van der Waals surface area (Å²) in [5.74, 6) is -0.206. The van der Waals surface area contributed by atoms with Gasteiger partial charge in [-0.15, -0.1) is 0 Å². The van der Waals surface area contributed by atoms with Crippen LogP contribution in [0.5, 0.6) is 0 Å². The Bertz CT molecular complexity index is 833. The third-order valence-corrected chi connectivity index (χ3v) is 3.83. The molecule has 116 valence electrons. The van der Waals surface area contributed by atoms with E-state index in [-0.39, 0.29) is 5.91 Å². The summed E-state index contributed by atoms with van der Waals surface area (Å²) in [5.41, 5.74) is 11.6. The van der Waals surface area contributed by atoms with Crippen molar-refractivity contribution in [1.82, 2.24) is 4.98 Å². The molecule has 0 fully saturated rings. The molecule has 0 aliphatic rings. The number of aromatic amines is 1. The van der Waals surface area contributed by atoms with Crippen molar-refractivity contribution in [1.29, 1.82) is 0 Å². The van der Waals surface area contributed by atoms with Crippen LogP contribution in [0.15, 0.2) is 54.6 Å². The third kappa shape index (κ3) is 2.97. The molecule has 1 aromatic heterocycles. The molecule has 0 spiro atoms. The highest BCUT2D eigenvalue weighted by Crippen LogP contribution is 2.30. The Kier molecular flexibility index (Phi) is 3.89. The first kappa shape index (κ1) is 14.9. The number of carbonyl (C=O) groups excluding carboxylic acids is 1. The highest BCUT2D eigenvalue weighted by molar-refractivity contribution is 6.10. The minimum absolute atomic E-state index is 0.206. The number of benzene rings is 2. The molecule has 0 aliphatic heterocycles. The second-order valence-corrected chi connectivity index (χ2v) is 5.60. The number of hydrogen-bond acceptors (Lipinski definition) is 2. The molecule has 0 bridgehead atoms. The maximum absolute atomic E-state index is 12.6. The van der Waals surface area contributed by atoms with E-state index in [9.17, 15) is 4.79 Å². The molecule has 1 heterocycles. The van der Waals surface area contributed by atoms with Crippen LogP contribution in [-0.2, 0) is 0 Å². The van der Waals surface area contributed by atoms with E-state index in [1.165, 1.54) is 0 Å². The van der Waals surface area contributed by atoms with Crippen LogP contribution >= 0.6 is 0 Å². The zero-order valence-corrected chi connectivity index (χ0v) is 13.2. The summed E-state index contributed by atoms with van der Waals surface area (Å²) in [5, 5.41) is 2.89. The van der Waals surface area contributed by atoms with Crippen LogP contribution in [0.1, 0.15) is 21.6 Å². The van der Waals surface area contributed by atoms with Gasteiger partial charge in [-0.05, 0) is 26.0 Å². The molecular weight excluding hydrogens is 286 g/mol. The van der Waals surface area contributed by atoms with E-state index in [4.69, 9.17) is 5.73 Å². The van der Waals surface area contributed by atoms with Gasteiger partial charge in [-0.3, -0.25) is 4.79 Å². The van der Waals surface area contributed by atoms with Gasteiger partial charge in [0, 0.05) is 16.9 Å². The summed E-state index contributed by atoms with van der Waals surface area (Å²) in [6.07, 6.45) is 0. The molecule has 0 unspecified atom stereocenters. The van der Waals surface area contributed by atoms with Crippen LogP contribution in [0.25, 0.3) is 11.3 Å². The lowest BCUT2D eigenvalue weighted by atomic mass is 10.1. The highest BCUT2D eigenvalue weighted by Gasteiger charge is 2.19. The standard InChI is InChI=1S/C19H19N3O/c1-12-8-10-15(11-9-12)22-19(23)16-13(2)21-18(17(16)20)14-6-4-3-5-7-14/h3-11,21H,20H2,1-2H3,(H,22,23). The Hall–Kier alpha value is -3.01. The maximum atomic E-state index is 12.6. The summed E-state index contributed by atoms with van der Waals surface area (Å²) in [6, 6.07) is 17.4. The van der Waals surface area contributed by atoms with Gasteiger partial charge in [0.1, 0.15) is 0 Å². The van der Waals surface area contributed by atoms with Gasteiger partial charge in [-0.25, -0.2) is 0 Å². The maximum Gasteiger partial charge on any atom is 0.259 e. The summed E-state index contributed by atoms with van der Waals surface area (Å²) in [7, 11) is 0. The summed E-state index contributed by atoms with van der Waals surface area (Å²) >= 11 is 0. The minimum atomic E-state index is -0.206. The van der Waals surface area contributed by atoms with E-state index >= 15 is 0 Å². The number of nitrogens with one attached hydrogen (secondary N) is 2. The Morgan fingerprint density at radius 1 is 1.00 bits per heavy atom. The van der Waals surface area contributed by atoms with Crippen molar-refractivity contribution in [2.24, 2.45) is 0 Å². The topological polar surface area (TPSA) is 70.9 Å². The number of anilines is 2. The van der Waals surface area contributed by atoms with Crippen molar-refractivity contribution >= 4 is 17.3 Å². The molecule has 4 N–H and O–H groups in total. The van der Waals surface area contributed by atoms with E-state index in [1.807, 2.05) is 68.4 Å². The summed E-state index contributed by atoms with van der Waals surface area (Å²) in [6.45, 7) is 3.86. The lowest BCUT2D eigenvalue weighted by molar-refractivity contribution is 0.102. The molecule has 2 aromatic carbocycles. The van der Waals surface area contributed by atoms with Crippen molar-refractivity contribution in [3.63, 3.8) is 0 Å². The number of rotatable bonds is 3. The summed E-state index contributed by atoms with van der Waals surface area (Å²) < 4.78 is 0. The van der Waals surface area contributed by atoms with Crippen LogP contribution in [-0.4, -0.2) is 10.9 Å². The van der Waals surface area contributed by atoms with E-state index in [2.05, 4.69) is 10.3 Å². The number of aryl methyl sites for hydroxylation is 2. The Morgan fingerprint density at radius 2 is 1.65 bits per heavy atom. The monoisotopic (exact) mass is 305 g/mol. The van der Waals surface area contributed by atoms with Crippen LogP contribution < -0.4 is 11.1 Å². The average molecular weight is 305 g/mol. The number of amides is 1. The number of nitrogens with two attached hydrogens (primary N) is 1. The fourth-order valence-corrected chi connectivity index (χ4v) is 2.60. The third-order valence-electron chi connectivity index (χ3n) is 3.83. The molecule has 0 atom stereocenters. The van der Waals surface area contributed by atoms with Crippen LogP contribution in [0, 0.1) is 13.8 Å². The van der Waals surface area contributed by atoms with E-state index < -0.39 is 0 Å². The Labute approximate surface area is 135 Å². The van der Waals surface area contributed by atoms with Crippen molar-refractivity contribution in [2.75, 3.05) is 11.1 Å². The van der Waals surface area contributed by atoms with Crippen LogP contribution in [0.2, 0.25) is 0 Å². The fourth-order valence-electron chi connectivity index (χ4n) is 2.60. The molecule has 3 aromatic rings. The van der Waals surface area contributed by atoms with Crippen LogP contribution in [0.4, 0.5) is 11.4 Å². The normalized spacial score (nSPS) is 10.5. The lowest BCUT2D eigenvalue weighted by Gasteiger charge is -2.06. The molecule has 0 radical (unpaired) electrons. The molecule has 0 saturated heterocycles. The number of nitrogen functional groups attached to an aromatic ring is 1. The van der Waals surface area contributed by atoms with Gasteiger partial charge >= 0.3 is 0 Å². The second-order valence-electron chi connectivity index (χ2n) is 5.60. The van der Waals surface area contributed by atoms with E-state index in [0.717, 1.165) is 28.2 Å². The smallest absolute Gasteiger partial charge is 0.259 e. The quantitative estimate of drug-likeness (QED) is 0.680. The largest absolute Gasteiger partial charge is 0.396 e. The minimum Gasteiger partial charge on any atom is -0.396 e. The molecule has 0 saturated carbocycles. The zero-order chi connectivity index (χ0) is 16.4. The molecule has 0 aliphatic carbocycles. The van der Waals surface area contributed by atoms with Crippen molar-refractivity contribution in [3.05, 3.63) is 71.4 Å². The van der Waals surface area contributed by atoms with Gasteiger partial charge in [0.25, 0.3) is 5.91 Å². The van der Waals surface area contributed by atoms with E-state index in [0.29, 0.717) is 11.3 Å². The van der Waals surface area contributed by atoms with Crippen molar-refractivity contribution < 1.29 is 4.79 Å². The molecule has 4 nitrogen and oxygen atoms in total. The average Bonchev–Trinajstić information content (AvgIpc) is 2.85. The Morgan fingerprint density at radius 3 is 2.30 bits per heavy atom. The SMILES string of the molecule is Cc1ccc(NC(=O)c2c(C)[nH]c(-c3ccccc3)c2N)cc1. The van der Waals surface area contributed by atoms with Gasteiger partial charge in [0.05, 0.1) is 16.9 Å². The first-order valence-corrected chi connectivity index (χ1v) is 7.47.